The Morgan fingerprint density at radius 2 is 2.15 bits per heavy atom. The molecule has 0 bridgehead atoms. The van der Waals surface area contributed by atoms with Crippen molar-refractivity contribution < 1.29 is 24.3 Å². The number of ether oxygens (including phenoxy) is 1. The zero-order valence-electron chi connectivity index (χ0n) is 14.5. The predicted octanol–water partition coefficient (Wildman–Crippen LogP) is 2.10. The molecule has 10 heteroatoms. The Labute approximate surface area is 153 Å². The Morgan fingerprint density at radius 3 is 2.69 bits per heavy atom. The van der Waals surface area contributed by atoms with Gasteiger partial charge in [-0.25, -0.2) is 14.8 Å². The molecule has 3 rings (SSSR count). The van der Waals surface area contributed by atoms with E-state index in [1.807, 2.05) is 13.8 Å². The first kappa shape index (κ1) is 18.0. The maximum atomic E-state index is 12.4. The van der Waals surface area contributed by atoms with Crippen LogP contribution in [0.15, 0.2) is 17.3 Å². The molecule has 26 heavy (non-hydrogen) atoms. The van der Waals surface area contributed by atoms with Crippen LogP contribution in [0.25, 0.3) is 11.0 Å². The van der Waals surface area contributed by atoms with Crippen LogP contribution in [-0.4, -0.2) is 45.4 Å². The number of pyridine rings is 1. The Kier molecular flexibility index (Phi) is 4.27. The van der Waals surface area contributed by atoms with Crippen LogP contribution in [0.1, 0.15) is 26.5 Å². The van der Waals surface area contributed by atoms with Crippen LogP contribution < -0.4 is 14.9 Å². The van der Waals surface area contributed by atoms with Crippen LogP contribution in [0.2, 0.25) is 5.02 Å². The lowest BCUT2D eigenvalue weighted by Gasteiger charge is -2.21. The van der Waals surface area contributed by atoms with Crippen molar-refractivity contribution in [2.24, 2.45) is 10.9 Å². The SMILES string of the molecule is COn1cc(Cl)c2nc(C3=NC(C)(C(C)C)C(=O)N3)c(OC(=O)O)cc21. The van der Waals surface area contributed by atoms with Gasteiger partial charge in [0, 0.05) is 6.07 Å². The average molecular weight is 381 g/mol. The van der Waals surface area contributed by atoms with E-state index in [9.17, 15) is 9.59 Å². The number of rotatable bonds is 4. The molecular weight excluding hydrogens is 364 g/mol. The highest BCUT2D eigenvalue weighted by Gasteiger charge is 2.43. The molecule has 138 valence electrons. The second-order valence-electron chi connectivity index (χ2n) is 6.27. The highest BCUT2D eigenvalue weighted by molar-refractivity contribution is 6.35. The summed E-state index contributed by atoms with van der Waals surface area (Å²) in [7, 11) is 1.43. The first-order valence-electron chi connectivity index (χ1n) is 7.76. The van der Waals surface area contributed by atoms with Gasteiger partial charge in [0.05, 0.1) is 11.2 Å². The van der Waals surface area contributed by atoms with Crippen LogP contribution in [0.5, 0.6) is 5.75 Å². The summed E-state index contributed by atoms with van der Waals surface area (Å²) >= 11 is 6.18. The molecule has 0 aromatic carbocycles. The van der Waals surface area contributed by atoms with Crippen molar-refractivity contribution in [1.29, 1.82) is 0 Å². The zero-order valence-corrected chi connectivity index (χ0v) is 15.3. The van der Waals surface area contributed by atoms with Gasteiger partial charge < -0.3 is 20.0 Å². The molecule has 9 nitrogen and oxygen atoms in total. The number of nitrogens with zero attached hydrogens (tertiary/aromatic N) is 3. The van der Waals surface area contributed by atoms with Crippen molar-refractivity contribution in [3.63, 3.8) is 0 Å². The lowest BCUT2D eigenvalue weighted by molar-refractivity contribution is -0.124. The standard InChI is InChI=1S/C16H17ClN4O5/c1-7(2)16(3)14(22)19-13(20-16)12-10(26-15(23)24)5-9-11(18-12)8(17)6-21(9)25-4/h5-7H,1-4H3,(H,23,24)(H,19,20,22). The van der Waals surface area contributed by atoms with Gasteiger partial charge in [-0.3, -0.25) is 4.79 Å². The topological polar surface area (TPSA) is 115 Å². The van der Waals surface area contributed by atoms with Crippen LogP contribution >= 0.6 is 11.6 Å². The minimum Gasteiger partial charge on any atom is -0.449 e. The maximum Gasteiger partial charge on any atom is 0.511 e. The van der Waals surface area contributed by atoms with Gasteiger partial charge in [-0.2, -0.15) is 4.73 Å². The molecule has 1 atom stereocenters. The first-order valence-corrected chi connectivity index (χ1v) is 8.13. The number of nitrogens with one attached hydrogen (secondary N) is 1. The van der Waals surface area contributed by atoms with Gasteiger partial charge in [-0.1, -0.05) is 25.4 Å². The third-order valence-corrected chi connectivity index (χ3v) is 4.72. The van der Waals surface area contributed by atoms with Crippen molar-refractivity contribution in [2.45, 2.75) is 26.3 Å². The van der Waals surface area contributed by atoms with Crippen molar-refractivity contribution in [3.05, 3.63) is 23.0 Å². The molecule has 3 heterocycles. The quantitative estimate of drug-likeness (QED) is 0.785. The van der Waals surface area contributed by atoms with Gasteiger partial charge in [0.25, 0.3) is 5.91 Å². The van der Waals surface area contributed by atoms with E-state index in [2.05, 4.69) is 15.3 Å². The summed E-state index contributed by atoms with van der Waals surface area (Å²) in [4.78, 5) is 37.4. The highest BCUT2D eigenvalue weighted by atomic mass is 35.5. The van der Waals surface area contributed by atoms with Crippen molar-refractivity contribution in [3.8, 4) is 5.75 Å². The molecule has 1 aliphatic rings. The number of hydrogen-bond donors (Lipinski definition) is 2. The molecule has 0 fully saturated rings. The number of amides is 1. The summed E-state index contributed by atoms with van der Waals surface area (Å²) < 4.78 is 6.18. The molecule has 1 amide bonds. The molecule has 0 spiro atoms. The van der Waals surface area contributed by atoms with Crippen LogP contribution in [-0.2, 0) is 4.79 Å². The number of hydrogen-bond acceptors (Lipinski definition) is 6. The zero-order chi connectivity index (χ0) is 19.2. The molecule has 1 unspecified atom stereocenters. The van der Waals surface area contributed by atoms with Crippen molar-refractivity contribution in [2.75, 3.05) is 7.11 Å². The maximum absolute atomic E-state index is 12.4. The molecule has 0 aliphatic carbocycles. The van der Waals surface area contributed by atoms with Gasteiger partial charge >= 0.3 is 6.16 Å². The number of halogens is 1. The normalized spacial score (nSPS) is 19.6. The van der Waals surface area contributed by atoms with Gasteiger partial charge in [0.15, 0.2) is 11.6 Å². The van der Waals surface area contributed by atoms with E-state index in [1.165, 1.54) is 24.1 Å². The van der Waals surface area contributed by atoms with Gasteiger partial charge in [0.1, 0.15) is 29.4 Å². The second kappa shape index (κ2) is 6.17. The molecular formula is C16H17ClN4O5. The molecule has 0 radical (unpaired) electrons. The van der Waals surface area contributed by atoms with Crippen LogP contribution in [0.4, 0.5) is 4.79 Å². The van der Waals surface area contributed by atoms with Crippen molar-refractivity contribution in [1.82, 2.24) is 15.0 Å². The van der Waals surface area contributed by atoms with Crippen molar-refractivity contribution >= 4 is 40.5 Å². The third-order valence-electron chi connectivity index (χ3n) is 4.44. The summed E-state index contributed by atoms with van der Waals surface area (Å²) in [5.74, 6) is -0.340. The van der Waals surface area contributed by atoms with Crippen LogP contribution in [0, 0.1) is 5.92 Å². The fraction of sp³-hybridized carbons (Fsp3) is 0.375. The Bertz CT molecular complexity index is 952. The molecule has 1 aliphatic heterocycles. The summed E-state index contributed by atoms with van der Waals surface area (Å²) in [6.07, 6.45) is -0.0357. The second-order valence-corrected chi connectivity index (χ2v) is 6.68. The molecule has 2 aromatic heterocycles. The Hall–Kier alpha value is -2.81. The minimum atomic E-state index is -1.52. The smallest absolute Gasteiger partial charge is 0.449 e. The van der Waals surface area contributed by atoms with E-state index in [0.29, 0.717) is 16.1 Å². The van der Waals surface area contributed by atoms with Crippen LogP contribution in [0.3, 0.4) is 0 Å². The van der Waals surface area contributed by atoms with Gasteiger partial charge in [0.2, 0.25) is 0 Å². The molecule has 2 aromatic rings. The fourth-order valence-electron chi connectivity index (χ4n) is 2.60. The van der Waals surface area contributed by atoms with E-state index in [4.69, 9.17) is 26.3 Å². The highest BCUT2D eigenvalue weighted by Crippen LogP contribution is 2.32. The number of carboxylic acid groups (broad SMARTS) is 1. The van der Waals surface area contributed by atoms with E-state index in [1.54, 1.807) is 6.92 Å². The molecule has 0 saturated carbocycles. The number of aromatic nitrogens is 2. The largest absolute Gasteiger partial charge is 0.511 e. The number of amidine groups is 1. The van der Waals surface area contributed by atoms with Gasteiger partial charge in [-0.05, 0) is 12.8 Å². The summed E-state index contributed by atoms with van der Waals surface area (Å²) in [5.41, 5.74) is -0.145. The lowest BCUT2D eigenvalue weighted by atomic mass is 9.89. The third kappa shape index (κ3) is 2.74. The van der Waals surface area contributed by atoms with E-state index >= 15 is 0 Å². The summed E-state index contributed by atoms with van der Waals surface area (Å²) in [6.45, 7) is 5.43. The first-order chi connectivity index (χ1) is 12.2. The molecule has 0 saturated heterocycles. The Morgan fingerprint density at radius 1 is 1.46 bits per heavy atom. The average Bonchev–Trinajstić information content (AvgIpc) is 3.04. The Balaban J connectivity index is 2.23. The monoisotopic (exact) mass is 380 g/mol. The molecule has 2 N–H and O–H groups in total. The van der Waals surface area contributed by atoms with E-state index in [0.717, 1.165) is 0 Å². The van der Waals surface area contributed by atoms with E-state index < -0.39 is 11.7 Å². The number of fused-ring (bicyclic) bond motifs is 1. The lowest BCUT2D eigenvalue weighted by Crippen LogP contribution is -2.41. The number of carbonyl (C=O) groups excluding carboxylic acids is 1. The number of carbonyl (C=O) groups is 2. The van der Waals surface area contributed by atoms with Gasteiger partial charge in [-0.15, -0.1) is 0 Å². The summed E-state index contributed by atoms with van der Waals surface area (Å²) in [5, 5.41) is 12.0. The number of aliphatic imine (C=N–C) groups is 1. The predicted molar refractivity (Wildman–Crippen MR) is 93.8 cm³/mol. The minimum absolute atomic E-state index is 0.0772. The fourth-order valence-corrected chi connectivity index (χ4v) is 2.83. The summed E-state index contributed by atoms with van der Waals surface area (Å²) in [6, 6.07) is 1.42. The van der Waals surface area contributed by atoms with E-state index in [-0.39, 0.29) is 29.1 Å².